The molecule has 0 aliphatic rings. The third kappa shape index (κ3) is 0.357. The molecule has 1 aromatic heterocycles. The number of rotatable bonds is 0. The molecule has 0 fully saturated rings. The average Bonchev–Trinajstić information content (AvgIpc) is 1.86. The van der Waals surface area contributed by atoms with Crippen molar-refractivity contribution in [3.8, 4) is 0 Å². The lowest BCUT2D eigenvalue weighted by Gasteiger charge is -1.52. The van der Waals surface area contributed by atoms with Crippen LogP contribution in [0.5, 0.6) is 0 Å². The van der Waals surface area contributed by atoms with E-state index in [1.165, 1.54) is 0 Å². The SMILES string of the molecule is Cc1nn[nH][nH+]1. The fraction of sp³-hybridized carbons (Fsp3) is 0.500. The maximum atomic E-state index is 3.56. The van der Waals surface area contributed by atoms with E-state index in [-0.39, 0.29) is 0 Å². The molecule has 1 heterocycles. The maximum absolute atomic E-state index is 3.56. The summed E-state index contributed by atoms with van der Waals surface area (Å²) in [5.74, 6) is 0.801. The minimum Gasteiger partial charge on any atom is -0.176 e. The monoisotopic (exact) mass is 85.1 g/mol. The van der Waals surface area contributed by atoms with Crippen LogP contribution in [0.15, 0.2) is 0 Å². The number of hydrogen-bond donors (Lipinski definition) is 1. The third-order valence-corrected chi connectivity index (χ3v) is 0.487. The number of tetrazole rings is 1. The average molecular weight is 85.1 g/mol. The first kappa shape index (κ1) is 3.27. The van der Waals surface area contributed by atoms with Gasteiger partial charge in [0.15, 0.2) is 5.21 Å². The van der Waals surface area contributed by atoms with Crippen LogP contribution in [0.4, 0.5) is 0 Å². The fourth-order valence-electron chi connectivity index (χ4n) is 0.231. The van der Waals surface area contributed by atoms with Crippen LogP contribution in [0.25, 0.3) is 0 Å². The second-order valence-corrected chi connectivity index (χ2v) is 1.02. The Morgan fingerprint density at radius 1 is 1.83 bits per heavy atom. The maximum Gasteiger partial charge on any atom is 0.295 e. The molecule has 1 rings (SSSR count). The molecule has 1 aromatic rings. The van der Waals surface area contributed by atoms with Gasteiger partial charge in [0.2, 0.25) is 0 Å². The summed E-state index contributed by atoms with van der Waals surface area (Å²) < 4.78 is 0. The highest BCUT2D eigenvalue weighted by Gasteiger charge is 1.89. The molecular weight excluding hydrogens is 80.0 g/mol. The molecule has 0 aliphatic carbocycles. The van der Waals surface area contributed by atoms with Crippen LogP contribution in [0, 0.1) is 6.92 Å². The van der Waals surface area contributed by atoms with Gasteiger partial charge in [-0.15, -0.1) is 0 Å². The summed E-state index contributed by atoms with van der Waals surface area (Å²) in [7, 11) is 0. The summed E-state index contributed by atoms with van der Waals surface area (Å²) in [5, 5.41) is 12.0. The van der Waals surface area contributed by atoms with Crippen LogP contribution in [0.1, 0.15) is 5.82 Å². The van der Waals surface area contributed by atoms with Crippen molar-refractivity contribution in [3.63, 3.8) is 0 Å². The molecule has 0 saturated heterocycles. The molecule has 4 nitrogen and oxygen atoms in total. The van der Waals surface area contributed by atoms with Crippen molar-refractivity contribution < 1.29 is 5.10 Å². The van der Waals surface area contributed by atoms with Crippen molar-refractivity contribution in [2.45, 2.75) is 6.92 Å². The zero-order valence-electron chi connectivity index (χ0n) is 3.39. The number of hydrogen-bond acceptors (Lipinski definition) is 2. The van der Waals surface area contributed by atoms with E-state index >= 15 is 0 Å². The molecule has 2 N–H and O–H groups in total. The van der Waals surface area contributed by atoms with Gasteiger partial charge in [-0.05, 0) is 0 Å². The van der Waals surface area contributed by atoms with Crippen molar-refractivity contribution in [2.24, 2.45) is 0 Å². The van der Waals surface area contributed by atoms with E-state index in [0.717, 1.165) is 5.82 Å². The molecule has 0 aliphatic heterocycles. The summed E-state index contributed by atoms with van der Waals surface area (Å²) in [6.07, 6.45) is 0. The molecular formula is C2H5N4+. The van der Waals surface area contributed by atoms with Crippen molar-refractivity contribution in [3.05, 3.63) is 5.82 Å². The summed E-state index contributed by atoms with van der Waals surface area (Å²) in [6, 6.07) is 0. The quantitative estimate of drug-likeness (QED) is 0.436. The van der Waals surface area contributed by atoms with Crippen molar-refractivity contribution in [1.82, 2.24) is 15.5 Å². The lowest BCUT2D eigenvalue weighted by Crippen LogP contribution is -2.04. The van der Waals surface area contributed by atoms with Crippen LogP contribution < -0.4 is 5.10 Å². The highest BCUT2D eigenvalue weighted by molar-refractivity contribution is 4.51. The van der Waals surface area contributed by atoms with E-state index in [2.05, 4.69) is 20.6 Å². The number of nitrogens with one attached hydrogen (secondary N) is 2. The van der Waals surface area contributed by atoms with Crippen LogP contribution >= 0.6 is 0 Å². The van der Waals surface area contributed by atoms with Crippen molar-refractivity contribution in [2.75, 3.05) is 0 Å². The van der Waals surface area contributed by atoms with Gasteiger partial charge < -0.3 is 0 Å². The molecule has 0 spiro atoms. The number of aromatic nitrogens is 4. The Labute approximate surface area is 34.6 Å². The predicted molar refractivity (Wildman–Crippen MR) is 17.7 cm³/mol. The molecule has 0 unspecified atom stereocenters. The summed E-state index contributed by atoms with van der Waals surface area (Å²) in [6.45, 7) is 1.82. The van der Waals surface area contributed by atoms with Gasteiger partial charge in [0.1, 0.15) is 5.10 Å². The summed E-state index contributed by atoms with van der Waals surface area (Å²) in [4.78, 5) is 0. The van der Waals surface area contributed by atoms with E-state index in [0.29, 0.717) is 0 Å². The normalized spacial score (nSPS) is 8.83. The lowest BCUT2D eigenvalue weighted by molar-refractivity contribution is -0.464. The van der Waals surface area contributed by atoms with E-state index in [1.54, 1.807) is 0 Å². The van der Waals surface area contributed by atoms with Crippen LogP contribution in [0.2, 0.25) is 0 Å². The zero-order chi connectivity index (χ0) is 4.41. The molecule has 0 saturated carbocycles. The first-order chi connectivity index (χ1) is 2.89. The first-order valence-corrected chi connectivity index (χ1v) is 1.65. The Balaban J connectivity index is 3.05. The van der Waals surface area contributed by atoms with Gasteiger partial charge >= 0.3 is 0 Å². The van der Waals surface area contributed by atoms with E-state index in [1.807, 2.05) is 6.92 Å². The highest BCUT2D eigenvalue weighted by atomic mass is 15.5. The molecule has 32 valence electrons. The molecule has 0 aromatic carbocycles. The molecule has 6 heavy (non-hydrogen) atoms. The molecule has 0 amide bonds. The van der Waals surface area contributed by atoms with Gasteiger partial charge in [0.05, 0.1) is 0 Å². The smallest absolute Gasteiger partial charge is 0.176 e. The number of nitrogens with zero attached hydrogens (tertiary/aromatic N) is 2. The van der Waals surface area contributed by atoms with E-state index in [4.69, 9.17) is 0 Å². The van der Waals surface area contributed by atoms with E-state index < -0.39 is 0 Å². The van der Waals surface area contributed by atoms with E-state index in [9.17, 15) is 0 Å². The van der Waals surface area contributed by atoms with Crippen molar-refractivity contribution in [1.29, 1.82) is 0 Å². The van der Waals surface area contributed by atoms with Gasteiger partial charge in [-0.2, -0.15) is 5.10 Å². The third-order valence-electron chi connectivity index (χ3n) is 0.487. The largest absolute Gasteiger partial charge is 0.295 e. The Kier molecular flexibility index (Phi) is 0.567. The molecule has 0 radical (unpaired) electrons. The van der Waals surface area contributed by atoms with Gasteiger partial charge in [0.25, 0.3) is 5.82 Å². The van der Waals surface area contributed by atoms with Gasteiger partial charge in [-0.1, -0.05) is 5.21 Å². The minimum absolute atomic E-state index is 0.801. The highest BCUT2D eigenvalue weighted by Crippen LogP contribution is 1.61. The standard InChI is InChI=1S/C2H4N4/c1-2-3-5-6-4-2/h1H3,(H,3,4,5,6)/p+1. The predicted octanol–water partition coefficient (Wildman–Crippen LogP) is -1.07. The topological polar surface area (TPSA) is 55.7 Å². The second kappa shape index (κ2) is 1.04. The second-order valence-electron chi connectivity index (χ2n) is 1.02. The van der Waals surface area contributed by atoms with Crippen LogP contribution in [-0.4, -0.2) is 15.5 Å². The summed E-state index contributed by atoms with van der Waals surface area (Å²) >= 11 is 0. The van der Waals surface area contributed by atoms with Gasteiger partial charge in [-0.25, -0.2) is 0 Å². The Morgan fingerprint density at radius 2 is 2.67 bits per heavy atom. The lowest BCUT2D eigenvalue weighted by atomic mass is 10.8. The minimum atomic E-state index is 0.801. The fourth-order valence-corrected chi connectivity index (χ4v) is 0.231. The van der Waals surface area contributed by atoms with Crippen molar-refractivity contribution >= 4 is 0 Å². The Hall–Kier alpha value is -0.930. The zero-order valence-corrected chi connectivity index (χ0v) is 3.39. The molecule has 0 atom stereocenters. The Morgan fingerprint density at radius 3 is 2.83 bits per heavy atom. The Bertz CT molecular complexity index is 109. The van der Waals surface area contributed by atoms with Crippen LogP contribution in [0.3, 0.4) is 0 Å². The molecule has 0 bridgehead atoms. The number of H-pyrrole nitrogens is 2. The number of aromatic amines is 2. The van der Waals surface area contributed by atoms with Gasteiger partial charge in [-0.3, -0.25) is 0 Å². The number of aryl methyl sites for hydroxylation is 1. The summed E-state index contributed by atoms with van der Waals surface area (Å²) in [5.41, 5.74) is 0. The molecule has 4 heteroatoms. The first-order valence-electron chi connectivity index (χ1n) is 1.65. The van der Waals surface area contributed by atoms with Gasteiger partial charge in [0, 0.05) is 6.92 Å². The van der Waals surface area contributed by atoms with Crippen LogP contribution in [-0.2, 0) is 0 Å².